The highest BCUT2D eigenvalue weighted by Crippen LogP contribution is 2.58. The van der Waals surface area contributed by atoms with E-state index in [0.29, 0.717) is 16.1 Å². The van der Waals surface area contributed by atoms with Gasteiger partial charge < -0.3 is 4.90 Å². The molecule has 0 saturated heterocycles. The molecular weight excluding hydrogens is 1020 g/mol. The van der Waals surface area contributed by atoms with E-state index in [1.807, 2.05) is 41.3 Å². The van der Waals surface area contributed by atoms with Crippen LogP contribution in [0.5, 0.6) is 0 Å². The van der Waals surface area contributed by atoms with E-state index in [4.69, 9.17) is 174 Å². The number of halogens is 15. The molecule has 6 aromatic rings. The van der Waals surface area contributed by atoms with Gasteiger partial charge in [-0.1, -0.05) is 186 Å². The molecule has 17 heteroatoms. The molecule has 0 aromatic heterocycles. The van der Waals surface area contributed by atoms with Gasteiger partial charge in [0.05, 0.1) is 87.9 Å². The highest BCUT2D eigenvalue weighted by atomic mass is 35.5. The highest BCUT2D eigenvalue weighted by molar-refractivity contribution is 6.58. The van der Waals surface area contributed by atoms with Crippen molar-refractivity contribution in [3.05, 3.63) is 176 Å². The zero-order valence-electron chi connectivity index (χ0n) is 26.5. The molecule has 0 amide bonds. The smallest absolute Gasteiger partial charge is 0.0991 e. The predicted octanol–water partition coefficient (Wildman–Crippen LogP) is 19.5. The van der Waals surface area contributed by atoms with E-state index in [-0.39, 0.29) is 98.5 Å². The molecule has 0 atom stereocenters. The van der Waals surface area contributed by atoms with Crippen molar-refractivity contribution in [2.24, 2.45) is 0 Å². The van der Waals surface area contributed by atoms with E-state index in [1.54, 1.807) is 36.4 Å². The fraction of sp³-hybridized carbons (Fsp3) is 0. The average Bonchev–Trinajstić information content (AvgIpc) is 3.18. The number of nitrogens with zero attached hydrogens (tertiary/aromatic N) is 2. The third-order valence-electron chi connectivity index (χ3n) is 8.19. The van der Waals surface area contributed by atoms with Crippen LogP contribution in [0, 0.1) is 17.2 Å². The molecule has 1 radical (unpaired) electrons. The summed E-state index contributed by atoms with van der Waals surface area (Å²) in [7, 11) is 0. The standard InChI is InChI=1S/C38H12Cl15N2/c39-16-5-11-19(12-6-16)55(17-7-1-14(13-54)2-8-17)18-9-3-15(4-10-18)20-25(40)27(42)22(28(43)26(20)41)21(23-29(44)33(48)37(52)34(49)30(23)45)24-31(46)35(50)38(53)36(51)32(24)47/h1-12H. The molecule has 6 aromatic carbocycles. The Balaban J connectivity index is 1.57. The first kappa shape index (κ1) is 43.5. The summed E-state index contributed by atoms with van der Waals surface area (Å²) in [5, 5.41) is 7.93. The molecule has 0 aliphatic carbocycles. The van der Waals surface area contributed by atoms with E-state index in [9.17, 15) is 5.26 Å². The van der Waals surface area contributed by atoms with Crippen LogP contribution in [-0.4, -0.2) is 0 Å². The van der Waals surface area contributed by atoms with E-state index >= 15 is 0 Å². The van der Waals surface area contributed by atoms with Crippen LogP contribution in [0.25, 0.3) is 11.1 Å². The van der Waals surface area contributed by atoms with Crippen LogP contribution in [0.15, 0.2) is 72.8 Å². The summed E-state index contributed by atoms with van der Waals surface area (Å²) in [6.45, 7) is 0. The van der Waals surface area contributed by atoms with Gasteiger partial charge in [0.2, 0.25) is 0 Å². The second kappa shape index (κ2) is 17.7. The molecular formula is C38H12Cl15N2. The first-order valence-corrected chi connectivity index (χ1v) is 20.6. The Kier molecular flexibility index (Phi) is 14.0. The minimum Gasteiger partial charge on any atom is -0.311 e. The number of hydrogen-bond donors (Lipinski definition) is 0. The van der Waals surface area contributed by atoms with Gasteiger partial charge in [0.15, 0.2) is 0 Å². The van der Waals surface area contributed by atoms with Gasteiger partial charge in [0.1, 0.15) is 0 Å². The van der Waals surface area contributed by atoms with Gasteiger partial charge >= 0.3 is 0 Å². The van der Waals surface area contributed by atoms with Crippen molar-refractivity contribution in [2.45, 2.75) is 0 Å². The van der Waals surface area contributed by atoms with E-state index in [0.717, 1.165) is 17.1 Å². The quantitative estimate of drug-likeness (QED) is 0.0905. The van der Waals surface area contributed by atoms with Crippen molar-refractivity contribution in [2.75, 3.05) is 4.90 Å². The first-order valence-electron chi connectivity index (χ1n) is 14.9. The summed E-state index contributed by atoms with van der Waals surface area (Å²) in [5.74, 6) is -0.0485. The Hall–Kier alpha value is -1.04. The van der Waals surface area contributed by atoms with Crippen molar-refractivity contribution < 1.29 is 0 Å². The largest absolute Gasteiger partial charge is 0.311 e. The van der Waals surface area contributed by atoms with Crippen molar-refractivity contribution in [3.8, 4) is 17.2 Å². The summed E-state index contributed by atoms with van der Waals surface area (Å²) in [4.78, 5) is 1.97. The van der Waals surface area contributed by atoms with Crippen molar-refractivity contribution in [3.63, 3.8) is 0 Å². The molecule has 0 aliphatic heterocycles. The second-order valence-corrected chi connectivity index (χ2v) is 17.0. The van der Waals surface area contributed by atoms with Crippen LogP contribution < -0.4 is 4.90 Å². The van der Waals surface area contributed by atoms with Gasteiger partial charge in [-0.05, 0) is 66.2 Å². The third kappa shape index (κ3) is 8.02. The first-order chi connectivity index (χ1) is 26.0. The minimum atomic E-state index is -0.183. The zero-order chi connectivity index (χ0) is 40.2. The lowest BCUT2D eigenvalue weighted by atomic mass is 9.83. The van der Waals surface area contributed by atoms with Crippen molar-refractivity contribution in [1.82, 2.24) is 0 Å². The second-order valence-electron chi connectivity index (χ2n) is 11.3. The Labute approximate surface area is 390 Å². The Morgan fingerprint density at radius 1 is 0.364 bits per heavy atom. The maximum atomic E-state index is 9.36. The number of rotatable bonds is 7. The van der Waals surface area contributed by atoms with Crippen LogP contribution in [-0.2, 0) is 0 Å². The van der Waals surface area contributed by atoms with E-state index < -0.39 is 0 Å². The van der Waals surface area contributed by atoms with Crippen LogP contribution in [0.2, 0.25) is 75.3 Å². The Morgan fingerprint density at radius 3 is 1.00 bits per heavy atom. The summed E-state index contributed by atoms with van der Waals surface area (Å²) in [5.41, 5.74) is 3.50. The number of benzene rings is 6. The lowest BCUT2D eigenvalue weighted by molar-refractivity contribution is 1.23. The number of anilines is 3. The fourth-order valence-electron chi connectivity index (χ4n) is 5.63. The fourth-order valence-corrected chi connectivity index (χ4v) is 9.67. The summed E-state index contributed by atoms with van der Waals surface area (Å²) in [6.07, 6.45) is 0. The molecule has 55 heavy (non-hydrogen) atoms. The maximum Gasteiger partial charge on any atom is 0.0991 e. The summed E-state index contributed by atoms with van der Waals surface area (Å²) >= 11 is 101. The highest BCUT2D eigenvalue weighted by Gasteiger charge is 2.38. The summed E-state index contributed by atoms with van der Waals surface area (Å²) < 4.78 is 0. The Bertz CT molecular complexity index is 2390. The average molecular weight is 1030 g/mol. The lowest BCUT2D eigenvalue weighted by Crippen LogP contribution is -2.12. The normalized spacial score (nSPS) is 11.3. The Morgan fingerprint density at radius 2 is 0.655 bits per heavy atom. The van der Waals surface area contributed by atoms with Crippen molar-refractivity contribution in [1.29, 1.82) is 5.26 Å². The van der Waals surface area contributed by atoms with Gasteiger partial charge in [-0.3, -0.25) is 0 Å². The van der Waals surface area contributed by atoms with Crippen LogP contribution >= 0.6 is 174 Å². The van der Waals surface area contributed by atoms with Crippen LogP contribution in [0.4, 0.5) is 17.1 Å². The third-order valence-corrected chi connectivity index (χ3v) is 14.7. The molecule has 0 heterocycles. The maximum absolute atomic E-state index is 9.36. The molecule has 0 saturated carbocycles. The monoisotopic (exact) mass is 1020 g/mol. The van der Waals surface area contributed by atoms with Crippen LogP contribution in [0.3, 0.4) is 0 Å². The molecule has 0 fully saturated rings. The molecule has 6 rings (SSSR count). The lowest BCUT2D eigenvalue weighted by Gasteiger charge is -2.28. The topological polar surface area (TPSA) is 27.0 Å². The van der Waals surface area contributed by atoms with Gasteiger partial charge in [-0.15, -0.1) is 0 Å². The van der Waals surface area contributed by atoms with E-state index in [2.05, 4.69) is 6.07 Å². The minimum absolute atomic E-state index is 0.0326. The molecule has 0 spiro atoms. The SMILES string of the molecule is N#Cc1ccc(N(c2ccc(Cl)cc2)c2ccc(-c3c(Cl)c(Cl)c([C](c4c(Cl)c(Cl)c(Cl)c(Cl)c4Cl)c4c(Cl)c(Cl)c(Cl)c(Cl)c4Cl)c(Cl)c3Cl)cc2)cc1. The molecule has 0 bridgehead atoms. The van der Waals surface area contributed by atoms with Gasteiger partial charge in [-0.2, -0.15) is 5.26 Å². The molecule has 0 unspecified atom stereocenters. The van der Waals surface area contributed by atoms with E-state index in [1.165, 1.54) is 0 Å². The number of hydrogen-bond acceptors (Lipinski definition) is 2. The predicted molar refractivity (Wildman–Crippen MR) is 240 cm³/mol. The number of nitriles is 1. The van der Waals surface area contributed by atoms with Crippen LogP contribution in [0.1, 0.15) is 22.3 Å². The molecule has 0 N–H and O–H groups in total. The molecule has 2 nitrogen and oxygen atoms in total. The molecule has 0 aliphatic rings. The zero-order valence-corrected chi connectivity index (χ0v) is 37.8. The van der Waals surface area contributed by atoms with Gasteiger partial charge in [-0.25, -0.2) is 0 Å². The molecule has 279 valence electrons. The summed E-state index contributed by atoms with van der Waals surface area (Å²) in [6, 6.07) is 23.8. The van der Waals surface area contributed by atoms with Crippen molar-refractivity contribution >= 4 is 191 Å². The van der Waals surface area contributed by atoms with Gasteiger partial charge in [0, 0.05) is 44.3 Å². The van der Waals surface area contributed by atoms with Gasteiger partial charge in [0.25, 0.3) is 0 Å².